The molecule has 0 atom stereocenters. The van der Waals surface area contributed by atoms with Crippen LogP contribution in [-0.2, 0) is 4.74 Å². The van der Waals surface area contributed by atoms with Crippen LogP contribution in [0.15, 0.2) is 28.3 Å². The third kappa shape index (κ3) is 3.33. The van der Waals surface area contributed by atoms with Crippen molar-refractivity contribution >= 4 is 49.1 Å². The van der Waals surface area contributed by atoms with Gasteiger partial charge in [-0.15, -0.1) is 18.3 Å². The van der Waals surface area contributed by atoms with Crippen molar-refractivity contribution < 1.29 is 27.4 Å². The molecule has 0 saturated carbocycles. The monoisotopic (exact) mass is 474 g/mol. The molecule has 1 N–H and O–H groups in total. The molecule has 0 unspecified atom stereocenters. The zero-order valence-electron chi connectivity index (χ0n) is 14.0. The molecular weight excluding hydrogens is 465 g/mol. The summed E-state index contributed by atoms with van der Waals surface area (Å²) < 4.78 is 49.1. The highest BCUT2D eigenvalue weighted by Crippen LogP contribution is 2.37. The first-order valence-corrected chi connectivity index (χ1v) is 9.47. The summed E-state index contributed by atoms with van der Waals surface area (Å²) in [5.74, 6) is -1.05. The number of alkyl halides is 3. The van der Waals surface area contributed by atoms with Crippen molar-refractivity contribution in [3.63, 3.8) is 0 Å². The number of carbonyl (C=O) groups excluding carboxylic acids is 1. The van der Waals surface area contributed by atoms with E-state index in [1.807, 2.05) is 0 Å². The summed E-state index contributed by atoms with van der Waals surface area (Å²) in [4.78, 5) is 20.2. The number of nitrogens with one attached hydrogen (secondary N) is 1. The number of benzene rings is 1. The third-order valence-corrected chi connectivity index (χ3v) is 5.16. The fourth-order valence-corrected chi connectivity index (χ4v) is 4.03. The molecule has 7 nitrogen and oxygen atoms in total. The molecule has 0 aliphatic carbocycles. The molecule has 0 fully saturated rings. The van der Waals surface area contributed by atoms with Crippen LogP contribution in [0.25, 0.3) is 27.1 Å². The Morgan fingerprint density at radius 2 is 2.18 bits per heavy atom. The topological polar surface area (TPSA) is 81.5 Å². The van der Waals surface area contributed by atoms with Gasteiger partial charge in [0.05, 0.1) is 18.5 Å². The van der Waals surface area contributed by atoms with Crippen molar-refractivity contribution in [1.29, 1.82) is 0 Å². The SMILES string of the molecule is CCOC(=O)c1[nH]c2ccc(OC(F)(F)F)cc2c1-c1cnc2sc(Br)nn12. The number of aromatic nitrogens is 4. The van der Waals surface area contributed by atoms with E-state index >= 15 is 0 Å². The predicted octanol–water partition coefficient (Wildman–Crippen LogP) is 4.78. The summed E-state index contributed by atoms with van der Waals surface area (Å²) in [6.45, 7) is 1.80. The third-order valence-electron chi connectivity index (χ3n) is 3.80. The van der Waals surface area contributed by atoms with Crippen molar-refractivity contribution in [1.82, 2.24) is 19.6 Å². The van der Waals surface area contributed by atoms with E-state index < -0.39 is 18.1 Å². The molecule has 3 aromatic heterocycles. The number of halogens is 4. The second kappa shape index (κ2) is 6.78. The highest BCUT2D eigenvalue weighted by atomic mass is 79.9. The Morgan fingerprint density at radius 3 is 2.89 bits per heavy atom. The van der Waals surface area contributed by atoms with E-state index in [2.05, 4.69) is 35.7 Å². The zero-order chi connectivity index (χ0) is 20.1. The number of rotatable bonds is 4. The summed E-state index contributed by atoms with van der Waals surface area (Å²) in [7, 11) is 0. The second-order valence-electron chi connectivity index (χ2n) is 5.54. The molecule has 12 heteroatoms. The lowest BCUT2D eigenvalue weighted by molar-refractivity contribution is -0.274. The highest BCUT2D eigenvalue weighted by molar-refractivity contribution is 9.11. The maximum atomic E-state index is 12.6. The van der Waals surface area contributed by atoms with Crippen LogP contribution in [0.1, 0.15) is 17.4 Å². The van der Waals surface area contributed by atoms with Crippen LogP contribution >= 0.6 is 27.3 Å². The number of aromatic amines is 1. The van der Waals surface area contributed by atoms with E-state index in [-0.39, 0.29) is 12.3 Å². The molecule has 0 bridgehead atoms. The second-order valence-corrected chi connectivity index (χ2v) is 7.78. The van der Waals surface area contributed by atoms with Crippen molar-refractivity contribution in [2.45, 2.75) is 13.3 Å². The van der Waals surface area contributed by atoms with Crippen molar-refractivity contribution in [3.05, 3.63) is 34.0 Å². The number of H-pyrrole nitrogens is 1. The number of hydrogen-bond donors (Lipinski definition) is 1. The average molecular weight is 475 g/mol. The molecule has 1 aromatic carbocycles. The summed E-state index contributed by atoms with van der Waals surface area (Å²) in [6, 6.07) is 3.77. The summed E-state index contributed by atoms with van der Waals surface area (Å²) in [6.07, 6.45) is -3.34. The lowest BCUT2D eigenvalue weighted by Gasteiger charge is -2.09. The van der Waals surface area contributed by atoms with Gasteiger partial charge in [0.1, 0.15) is 11.4 Å². The minimum absolute atomic E-state index is 0.0898. The molecule has 0 saturated heterocycles. The van der Waals surface area contributed by atoms with Gasteiger partial charge < -0.3 is 14.5 Å². The normalized spacial score (nSPS) is 12.0. The van der Waals surface area contributed by atoms with E-state index in [9.17, 15) is 18.0 Å². The minimum Gasteiger partial charge on any atom is -0.461 e. The first-order valence-electron chi connectivity index (χ1n) is 7.86. The van der Waals surface area contributed by atoms with Crippen LogP contribution in [0.4, 0.5) is 13.2 Å². The fraction of sp³-hybridized carbons (Fsp3) is 0.188. The number of nitrogens with zero attached hydrogens (tertiary/aromatic N) is 3. The van der Waals surface area contributed by atoms with Crippen molar-refractivity contribution in [3.8, 4) is 17.0 Å². The highest BCUT2D eigenvalue weighted by Gasteiger charge is 2.32. The smallest absolute Gasteiger partial charge is 0.461 e. The van der Waals surface area contributed by atoms with Crippen molar-refractivity contribution in [2.24, 2.45) is 0 Å². The van der Waals surface area contributed by atoms with E-state index in [1.165, 1.54) is 34.2 Å². The van der Waals surface area contributed by atoms with Crippen LogP contribution in [0.2, 0.25) is 0 Å². The largest absolute Gasteiger partial charge is 0.573 e. The van der Waals surface area contributed by atoms with E-state index in [0.29, 0.717) is 31.0 Å². The molecule has 28 heavy (non-hydrogen) atoms. The number of fused-ring (bicyclic) bond motifs is 2. The first kappa shape index (κ1) is 18.7. The Morgan fingerprint density at radius 1 is 1.39 bits per heavy atom. The molecule has 4 rings (SSSR count). The van der Waals surface area contributed by atoms with Crippen LogP contribution in [0, 0.1) is 0 Å². The molecule has 4 aromatic rings. The van der Waals surface area contributed by atoms with E-state index in [4.69, 9.17) is 4.74 Å². The standard InChI is InChI=1S/C16H10BrF3N4O3S/c1-2-26-13(25)12-11(10-6-21-15-24(10)23-14(17)28-15)8-5-7(27-16(18,19)20)3-4-9(8)22-12/h3-6,22H,2H2,1H3. The van der Waals surface area contributed by atoms with Crippen LogP contribution in [0.5, 0.6) is 5.75 Å². The number of imidazole rings is 1. The summed E-state index contributed by atoms with van der Waals surface area (Å²) in [5, 5.41) is 4.62. The quantitative estimate of drug-likeness (QED) is 0.430. The lowest BCUT2D eigenvalue weighted by atomic mass is 10.1. The lowest BCUT2D eigenvalue weighted by Crippen LogP contribution is -2.16. The first-order chi connectivity index (χ1) is 13.3. The van der Waals surface area contributed by atoms with Gasteiger partial charge in [-0.3, -0.25) is 0 Å². The van der Waals surface area contributed by atoms with Crippen LogP contribution < -0.4 is 4.74 Å². The predicted molar refractivity (Wildman–Crippen MR) is 98.5 cm³/mol. The summed E-state index contributed by atoms with van der Waals surface area (Å²) >= 11 is 4.54. The van der Waals surface area contributed by atoms with Gasteiger partial charge in [-0.2, -0.15) is 0 Å². The molecule has 0 spiro atoms. The number of ether oxygens (including phenoxy) is 2. The molecule has 0 aliphatic rings. The van der Waals surface area contributed by atoms with Gasteiger partial charge >= 0.3 is 12.3 Å². The zero-order valence-corrected chi connectivity index (χ0v) is 16.4. The molecule has 146 valence electrons. The molecule has 0 aliphatic heterocycles. The number of hydrogen-bond acceptors (Lipinski definition) is 6. The number of esters is 1. The molecule has 0 amide bonds. The van der Waals surface area contributed by atoms with Gasteiger partial charge in [-0.25, -0.2) is 14.3 Å². The minimum atomic E-state index is -4.84. The van der Waals surface area contributed by atoms with Gasteiger partial charge in [0.2, 0.25) is 4.96 Å². The van der Waals surface area contributed by atoms with Crippen LogP contribution in [0.3, 0.4) is 0 Å². The molecule has 0 radical (unpaired) electrons. The van der Waals surface area contributed by atoms with Gasteiger partial charge in [-0.1, -0.05) is 11.3 Å². The Labute approximate surface area is 167 Å². The Bertz CT molecular complexity index is 1200. The summed E-state index contributed by atoms with van der Waals surface area (Å²) in [5.41, 5.74) is 1.28. The Kier molecular flexibility index (Phi) is 4.54. The van der Waals surface area contributed by atoms with Crippen LogP contribution in [-0.4, -0.2) is 38.5 Å². The molecule has 3 heterocycles. The Balaban J connectivity index is 1.97. The fourth-order valence-electron chi connectivity index (χ4n) is 2.83. The number of carbonyl (C=O) groups is 1. The average Bonchev–Trinajstić information content (AvgIpc) is 3.25. The van der Waals surface area contributed by atoms with Gasteiger partial charge in [0.15, 0.2) is 3.92 Å². The van der Waals surface area contributed by atoms with E-state index in [0.717, 1.165) is 6.07 Å². The van der Waals surface area contributed by atoms with E-state index in [1.54, 1.807) is 6.92 Å². The maximum absolute atomic E-state index is 12.6. The van der Waals surface area contributed by atoms with Gasteiger partial charge in [0.25, 0.3) is 0 Å². The maximum Gasteiger partial charge on any atom is 0.573 e. The molecular formula is C16H10BrF3N4O3S. The van der Waals surface area contributed by atoms with Gasteiger partial charge in [-0.05, 0) is 41.1 Å². The Hall–Kier alpha value is -2.60. The van der Waals surface area contributed by atoms with Gasteiger partial charge in [0, 0.05) is 16.5 Å². The van der Waals surface area contributed by atoms with Crippen molar-refractivity contribution in [2.75, 3.05) is 6.61 Å².